The number of piperidine rings is 1. The molecule has 0 saturated carbocycles. The zero-order valence-electron chi connectivity index (χ0n) is 16.0. The number of rotatable bonds is 3. The summed E-state index contributed by atoms with van der Waals surface area (Å²) < 4.78 is 0. The predicted molar refractivity (Wildman–Crippen MR) is 94.5 cm³/mol. The van der Waals surface area contributed by atoms with Crippen LogP contribution in [0.2, 0.25) is 0 Å². The summed E-state index contributed by atoms with van der Waals surface area (Å²) in [5.41, 5.74) is 0.514. The Hall–Kier alpha value is -0.0800. The average molecular weight is 287 g/mol. The summed E-state index contributed by atoms with van der Waals surface area (Å²) in [6.45, 7) is 22.0. The highest BCUT2D eigenvalue weighted by atomic mass is 15.1. The van der Waals surface area contributed by atoms with E-state index >= 15 is 0 Å². The van der Waals surface area contributed by atoms with Crippen molar-refractivity contribution < 1.29 is 0 Å². The zero-order valence-corrected chi connectivity index (χ0v) is 16.0. The van der Waals surface area contributed by atoms with Crippen molar-refractivity contribution in [2.45, 2.75) is 118 Å². The summed E-state index contributed by atoms with van der Waals surface area (Å²) in [4.78, 5) is 0. The van der Waals surface area contributed by atoms with E-state index in [-0.39, 0.29) is 11.1 Å². The van der Waals surface area contributed by atoms with E-state index in [0.29, 0.717) is 12.1 Å². The molecule has 0 radical (unpaired) electrons. The molecule has 0 bridgehead atoms. The molecule has 1 atom stereocenters. The van der Waals surface area contributed by atoms with Gasteiger partial charge in [0.2, 0.25) is 0 Å². The van der Waals surface area contributed by atoms with Gasteiger partial charge < -0.3 is 10.6 Å². The first-order valence-electron chi connectivity index (χ1n) is 8.71. The number of hydrogen-bond donors (Lipinski definition) is 2. The fourth-order valence-electron chi connectivity index (χ4n) is 2.96. The molecular weight excluding hydrogens is 244 g/mol. The first-order valence-corrected chi connectivity index (χ1v) is 8.71. The highest BCUT2D eigenvalue weighted by Gasteiger charge is 2.37. The fraction of sp³-hybridized carbons (Fsp3) is 1.00. The smallest absolute Gasteiger partial charge is 0.0144 e. The van der Waals surface area contributed by atoms with E-state index in [1.54, 1.807) is 0 Å². The lowest BCUT2D eigenvalue weighted by Gasteiger charge is -2.47. The van der Waals surface area contributed by atoms with E-state index in [2.05, 4.69) is 66.0 Å². The summed E-state index contributed by atoms with van der Waals surface area (Å²) in [7, 11) is 0. The number of nitrogens with one attached hydrogen (secondary N) is 2. The molecule has 0 aliphatic carbocycles. The van der Waals surface area contributed by atoms with Gasteiger partial charge in [-0.05, 0) is 53.9 Å². The van der Waals surface area contributed by atoms with Crippen molar-refractivity contribution in [3.63, 3.8) is 0 Å². The molecule has 1 unspecified atom stereocenters. The molecule has 0 aromatic carbocycles. The first-order chi connectivity index (χ1) is 9.15. The largest absolute Gasteiger partial charge is 0.311 e. The van der Waals surface area contributed by atoms with Crippen LogP contribution in [-0.2, 0) is 0 Å². The zero-order chi connectivity index (χ0) is 16.4. The van der Waals surface area contributed by atoms with Crippen LogP contribution in [0.25, 0.3) is 0 Å². The van der Waals surface area contributed by atoms with Crippen LogP contribution in [0, 0.1) is 0 Å². The van der Waals surface area contributed by atoms with E-state index in [4.69, 9.17) is 0 Å². The number of hydrogen-bond acceptors (Lipinski definition) is 2. The van der Waals surface area contributed by atoms with Gasteiger partial charge in [-0.25, -0.2) is 0 Å². The second-order valence-electron chi connectivity index (χ2n) is 7.18. The van der Waals surface area contributed by atoms with Gasteiger partial charge in [-0.1, -0.05) is 41.0 Å². The van der Waals surface area contributed by atoms with Crippen LogP contribution in [0.5, 0.6) is 0 Å². The second-order valence-corrected chi connectivity index (χ2v) is 7.18. The van der Waals surface area contributed by atoms with Crippen molar-refractivity contribution in [1.29, 1.82) is 0 Å². The van der Waals surface area contributed by atoms with Gasteiger partial charge in [-0.15, -0.1) is 0 Å². The van der Waals surface area contributed by atoms with Crippen molar-refractivity contribution in [2.24, 2.45) is 0 Å². The summed E-state index contributed by atoms with van der Waals surface area (Å²) >= 11 is 0. The van der Waals surface area contributed by atoms with E-state index in [1.807, 2.05) is 13.8 Å². The fourth-order valence-corrected chi connectivity index (χ4v) is 2.96. The minimum Gasteiger partial charge on any atom is -0.311 e. The molecule has 2 heteroatoms. The molecule has 2 nitrogen and oxygen atoms in total. The highest BCUT2D eigenvalue weighted by Crippen LogP contribution is 2.28. The Bertz CT molecular complexity index is 205. The lowest BCUT2D eigenvalue weighted by Crippen LogP contribution is -2.62. The van der Waals surface area contributed by atoms with Crippen LogP contribution in [0.1, 0.15) is 94.9 Å². The van der Waals surface area contributed by atoms with E-state index in [0.717, 1.165) is 0 Å². The Morgan fingerprint density at radius 2 is 1.35 bits per heavy atom. The minimum absolute atomic E-state index is 0.257. The van der Waals surface area contributed by atoms with Crippen LogP contribution in [0.4, 0.5) is 0 Å². The van der Waals surface area contributed by atoms with Gasteiger partial charge in [0.15, 0.2) is 0 Å². The van der Waals surface area contributed by atoms with E-state index < -0.39 is 0 Å². The monoisotopic (exact) mass is 286 g/mol. The van der Waals surface area contributed by atoms with Crippen LogP contribution < -0.4 is 10.6 Å². The van der Waals surface area contributed by atoms with Crippen molar-refractivity contribution in [3.05, 3.63) is 0 Å². The summed E-state index contributed by atoms with van der Waals surface area (Å²) in [5.74, 6) is 0. The second kappa shape index (κ2) is 10.6. The Morgan fingerprint density at radius 3 is 1.65 bits per heavy atom. The van der Waals surface area contributed by atoms with Crippen molar-refractivity contribution in [1.82, 2.24) is 10.6 Å². The standard InChI is InChI=1S/C13H28N2.C3H8.C2H6/c1-7-10(2)14-11-8-12(3,4)15-13(5,6)9-11;1-3-2;1-2/h10-11,14-15H,7-9H2,1-6H3;3H2,1-2H3;1-2H3. The SMILES string of the molecule is CC.CCC.CCC(C)NC1CC(C)(C)NC(C)(C)C1. The molecule has 2 N–H and O–H groups in total. The topological polar surface area (TPSA) is 24.1 Å². The lowest BCUT2D eigenvalue weighted by molar-refractivity contribution is 0.140. The van der Waals surface area contributed by atoms with Crippen LogP contribution in [0.15, 0.2) is 0 Å². The third-order valence-corrected chi connectivity index (χ3v) is 3.32. The van der Waals surface area contributed by atoms with E-state index in [1.165, 1.54) is 25.7 Å². The van der Waals surface area contributed by atoms with Crippen LogP contribution in [-0.4, -0.2) is 23.2 Å². The van der Waals surface area contributed by atoms with Gasteiger partial charge in [0, 0.05) is 23.2 Å². The summed E-state index contributed by atoms with van der Waals surface area (Å²) in [6, 6.07) is 1.30. The quantitative estimate of drug-likeness (QED) is 0.752. The molecule has 0 aromatic heterocycles. The maximum absolute atomic E-state index is 3.74. The van der Waals surface area contributed by atoms with Crippen molar-refractivity contribution in [2.75, 3.05) is 0 Å². The highest BCUT2D eigenvalue weighted by molar-refractivity contribution is 4.99. The molecule has 0 aromatic rings. The Labute approximate surface area is 129 Å². The summed E-state index contributed by atoms with van der Waals surface area (Å²) in [6.07, 6.45) is 4.91. The Balaban J connectivity index is 0. The molecule has 1 rings (SSSR count). The van der Waals surface area contributed by atoms with Gasteiger partial charge in [0.25, 0.3) is 0 Å². The van der Waals surface area contributed by atoms with Gasteiger partial charge in [-0.3, -0.25) is 0 Å². The lowest BCUT2D eigenvalue weighted by atomic mass is 9.79. The molecule has 1 aliphatic heterocycles. The molecule has 20 heavy (non-hydrogen) atoms. The molecular formula is C18H42N2. The van der Waals surface area contributed by atoms with E-state index in [9.17, 15) is 0 Å². The molecule has 0 spiro atoms. The van der Waals surface area contributed by atoms with Gasteiger partial charge in [0.1, 0.15) is 0 Å². The van der Waals surface area contributed by atoms with Gasteiger partial charge in [0.05, 0.1) is 0 Å². The molecule has 124 valence electrons. The summed E-state index contributed by atoms with van der Waals surface area (Å²) in [5, 5.41) is 7.45. The first kappa shape index (κ1) is 22.2. The van der Waals surface area contributed by atoms with Crippen LogP contribution in [0.3, 0.4) is 0 Å². The maximum Gasteiger partial charge on any atom is 0.0144 e. The van der Waals surface area contributed by atoms with Gasteiger partial charge in [-0.2, -0.15) is 0 Å². The Kier molecular flexibility index (Phi) is 11.8. The third kappa shape index (κ3) is 10.7. The average Bonchev–Trinajstić information content (AvgIpc) is 2.28. The molecule has 1 saturated heterocycles. The third-order valence-electron chi connectivity index (χ3n) is 3.32. The minimum atomic E-state index is 0.257. The molecule has 0 amide bonds. The molecule has 1 fully saturated rings. The molecule has 1 heterocycles. The van der Waals surface area contributed by atoms with Gasteiger partial charge >= 0.3 is 0 Å². The van der Waals surface area contributed by atoms with Crippen LogP contribution >= 0.6 is 0 Å². The predicted octanol–water partition coefficient (Wildman–Crippen LogP) is 5.13. The Morgan fingerprint density at radius 1 is 1.00 bits per heavy atom. The maximum atomic E-state index is 3.74. The van der Waals surface area contributed by atoms with Crippen molar-refractivity contribution in [3.8, 4) is 0 Å². The van der Waals surface area contributed by atoms with Crippen molar-refractivity contribution >= 4 is 0 Å². The molecule has 1 aliphatic rings. The normalized spacial score (nSPS) is 21.9.